The maximum absolute atomic E-state index is 14.0. The van der Waals surface area contributed by atoms with Gasteiger partial charge in [0.25, 0.3) is 0 Å². The maximum Gasteiger partial charge on any atom is 0.214 e. The van der Waals surface area contributed by atoms with E-state index in [0.29, 0.717) is 20.8 Å². The summed E-state index contributed by atoms with van der Waals surface area (Å²) in [4.78, 5) is 13.8. The molecule has 0 atom stereocenters. The van der Waals surface area contributed by atoms with Gasteiger partial charge in [-0.1, -0.05) is 34.8 Å². The Balaban J connectivity index is 1.96. The SMILES string of the molecule is O=C(C1=CN(c2cc(Cl)cc(Cl)c2)c2cc(F)ccc2S1(=O)=O)c1ccc(Cl)cc1. The molecule has 0 spiro atoms. The first-order valence-corrected chi connectivity index (χ1v) is 11.1. The Bertz CT molecular complexity index is 1300. The fraction of sp³-hybridized carbons (Fsp3) is 0. The third-order valence-corrected chi connectivity index (χ3v) is 6.94. The molecule has 0 radical (unpaired) electrons. The molecule has 1 heterocycles. The highest BCUT2D eigenvalue weighted by atomic mass is 35.5. The van der Waals surface area contributed by atoms with Crippen molar-refractivity contribution >= 4 is 61.8 Å². The first-order valence-electron chi connectivity index (χ1n) is 8.49. The highest BCUT2D eigenvalue weighted by Gasteiger charge is 2.36. The highest BCUT2D eigenvalue weighted by molar-refractivity contribution is 7.96. The molecule has 4 nitrogen and oxygen atoms in total. The van der Waals surface area contributed by atoms with Gasteiger partial charge in [-0.25, -0.2) is 12.8 Å². The molecule has 0 amide bonds. The summed E-state index contributed by atoms with van der Waals surface area (Å²) in [7, 11) is -4.21. The van der Waals surface area contributed by atoms with Gasteiger partial charge in [-0.05, 0) is 60.7 Å². The van der Waals surface area contributed by atoms with Crippen molar-refractivity contribution in [2.24, 2.45) is 0 Å². The fourth-order valence-electron chi connectivity index (χ4n) is 3.10. The van der Waals surface area contributed by atoms with Crippen LogP contribution in [0.2, 0.25) is 15.1 Å². The van der Waals surface area contributed by atoms with Crippen molar-refractivity contribution in [2.75, 3.05) is 4.90 Å². The van der Waals surface area contributed by atoms with Crippen LogP contribution < -0.4 is 4.90 Å². The normalized spacial score (nSPS) is 14.8. The summed E-state index contributed by atoms with van der Waals surface area (Å²) in [5.74, 6) is -1.36. The minimum Gasteiger partial charge on any atom is -0.314 e. The minimum atomic E-state index is -4.21. The number of carbonyl (C=O) groups excluding carboxylic acids is 1. The second-order valence-corrected chi connectivity index (χ2v) is 9.64. The van der Waals surface area contributed by atoms with Crippen LogP contribution in [0.25, 0.3) is 0 Å². The van der Waals surface area contributed by atoms with Crippen LogP contribution in [-0.4, -0.2) is 14.2 Å². The van der Waals surface area contributed by atoms with Crippen molar-refractivity contribution in [3.63, 3.8) is 0 Å². The molecule has 0 fully saturated rings. The van der Waals surface area contributed by atoms with Crippen LogP contribution >= 0.6 is 34.8 Å². The summed E-state index contributed by atoms with van der Waals surface area (Å²) in [5, 5.41) is 0.994. The number of hydrogen-bond acceptors (Lipinski definition) is 4. The quantitative estimate of drug-likeness (QED) is 0.319. The van der Waals surface area contributed by atoms with E-state index >= 15 is 0 Å². The number of nitrogens with zero attached hydrogens (tertiary/aromatic N) is 1. The monoisotopic (exact) mass is 481 g/mol. The number of halogens is 4. The molecule has 30 heavy (non-hydrogen) atoms. The van der Waals surface area contributed by atoms with Crippen molar-refractivity contribution in [1.29, 1.82) is 0 Å². The van der Waals surface area contributed by atoms with Gasteiger partial charge in [0.05, 0.1) is 10.6 Å². The van der Waals surface area contributed by atoms with Gasteiger partial charge in [-0.3, -0.25) is 4.79 Å². The number of carbonyl (C=O) groups is 1. The van der Waals surface area contributed by atoms with Crippen LogP contribution in [0, 0.1) is 5.82 Å². The number of anilines is 2. The van der Waals surface area contributed by atoms with Crippen molar-refractivity contribution in [3.8, 4) is 0 Å². The summed E-state index contributed by atoms with van der Waals surface area (Å²) in [6, 6.07) is 13.6. The molecule has 3 aromatic rings. The lowest BCUT2D eigenvalue weighted by Crippen LogP contribution is -2.26. The van der Waals surface area contributed by atoms with Gasteiger partial charge >= 0.3 is 0 Å². The van der Waals surface area contributed by atoms with Crippen molar-refractivity contribution in [2.45, 2.75) is 4.90 Å². The lowest BCUT2D eigenvalue weighted by Gasteiger charge is -2.29. The Hall–Kier alpha value is -2.38. The van der Waals surface area contributed by atoms with Crippen LogP contribution in [-0.2, 0) is 9.84 Å². The average molecular weight is 483 g/mol. The molecule has 0 bridgehead atoms. The molecule has 1 aliphatic rings. The standard InChI is InChI=1S/C21H11Cl3FNO3S/c22-13-3-1-12(2-4-13)21(27)20-11-26(17-8-14(23)7-15(24)9-17)18-10-16(25)5-6-19(18)30(20,28)29/h1-11H. The topological polar surface area (TPSA) is 54.5 Å². The minimum absolute atomic E-state index is 0.0426. The molecular formula is C21H11Cl3FNO3S. The van der Waals surface area contributed by atoms with E-state index in [4.69, 9.17) is 34.8 Å². The van der Waals surface area contributed by atoms with Gasteiger partial charge in [-0.15, -0.1) is 0 Å². The molecule has 0 unspecified atom stereocenters. The third-order valence-electron chi connectivity index (χ3n) is 4.46. The number of benzene rings is 3. The Morgan fingerprint density at radius 2 is 1.47 bits per heavy atom. The van der Waals surface area contributed by atoms with Gasteiger partial charge in [0, 0.05) is 32.5 Å². The van der Waals surface area contributed by atoms with Gasteiger partial charge in [0.15, 0.2) is 0 Å². The van der Waals surface area contributed by atoms with Crippen molar-refractivity contribution in [1.82, 2.24) is 0 Å². The first-order chi connectivity index (χ1) is 14.2. The van der Waals surface area contributed by atoms with Gasteiger partial charge in [0.1, 0.15) is 10.7 Å². The molecule has 3 aromatic carbocycles. The van der Waals surface area contributed by atoms with Crippen molar-refractivity contribution in [3.05, 3.63) is 98.2 Å². The number of sulfone groups is 1. The molecule has 0 N–H and O–H groups in total. The summed E-state index contributed by atoms with van der Waals surface area (Å²) < 4.78 is 40.4. The molecule has 0 aliphatic carbocycles. The largest absolute Gasteiger partial charge is 0.314 e. The number of Topliss-reactive ketones (excluding diaryl/α,β-unsaturated/α-hetero) is 1. The lowest BCUT2D eigenvalue weighted by molar-refractivity contribution is 0.104. The predicted octanol–water partition coefficient (Wildman–Crippen LogP) is 6.44. The first kappa shape index (κ1) is 20.9. The Labute approximate surface area is 187 Å². The van der Waals surface area contributed by atoms with E-state index < -0.39 is 26.3 Å². The van der Waals surface area contributed by atoms with E-state index in [9.17, 15) is 17.6 Å². The molecule has 152 valence electrons. The molecule has 4 rings (SSSR count). The fourth-order valence-corrected chi connectivity index (χ4v) is 5.26. The Morgan fingerprint density at radius 1 is 0.833 bits per heavy atom. The van der Waals surface area contributed by atoms with E-state index in [1.165, 1.54) is 47.4 Å². The van der Waals surface area contributed by atoms with Crippen LogP contribution in [0.15, 0.2) is 76.7 Å². The van der Waals surface area contributed by atoms with Crippen LogP contribution in [0.3, 0.4) is 0 Å². The van der Waals surface area contributed by atoms with Crippen molar-refractivity contribution < 1.29 is 17.6 Å². The van der Waals surface area contributed by atoms with E-state index in [-0.39, 0.29) is 16.1 Å². The number of allylic oxidation sites excluding steroid dienone is 1. The predicted molar refractivity (Wildman–Crippen MR) is 116 cm³/mol. The second kappa shape index (κ2) is 7.71. The average Bonchev–Trinajstić information content (AvgIpc) is 2.67. The zero-order valence-corrected chi connectivity index (χ0v) is 18.0. The number of rotatable bonds is 3. The van der Waals surface area contributed by atoms with Crippen LogP contribution in [0.4, 0.5) is 15.8 Å². The zero-order chi connectivity index (χ0) is 21.6. The van der Waals surface area contributed by atoms with Gasteiger partial charge in [-0.2, -0.15) is 0 Å². The van der Waals surface area contributed by atoms with E-state index in [1.807, 2.05) is 0 Å². The van der Waals surface area contributed by atoms with E-state index in [2.05, 4.69) is 0 Å². The van der Waals surface area contributed by atoms with Crippen LogP contribution in [0.5, 0.6) is 0 Å². The second-order valence-electron chi connectivity index (χ2n) is 6.44. The Kier molecular flexibility index (Phi) is 5.36. The lowest BCUT2D eigenvalue weighted by atomic mass is 10.1. The maximum atomic E-state index is 14.0. The zero-order valence-electron chi connectivity index (χ0n) is 14.9. The van der Waals surface area contributed by atoms with Gasteiger partial charge in [0.2, 0.25) is 15.6 Å². The van der Waals surface area contributed by atoms with Crippen LogP contribution in [0.1, 0.15) is 10.4 Å². The number of ketones is 1. The third kappa shape index (κ3) is 3.72. The molecule has 0 saturated carbocycles. The summed E-state index contributed by atoms with van der Waals surface area (Å²) in [5.41, 5.74) is 0.556. The van der Waals surface area contributed by atoms with E-state index in [1.54, 1.807) is 0 Å². The molecule has 9 heteroatoms. The molecule has 0 saturated heterocycles. The van der Waals surface area contributed by atoms with Gasteiger partial charge < -0.3 is 4.90 Å². The smallest absolute Gasteiger partial charge is 0.214 e. The summed E-state index contributed by atoms with van der Waals surface area (Å²) in [6.07, 6.45) is 1.15. The number of fused-ring (bicyclic) bond motifs is 1. The number of hydrogen-bond donors (Lipinski definition) is 0. The summed E-state index contributed by atoms with van der Waals surface area (Å²) >= 11 is 18.0. The van der Waals surface area contributed by atoms with E-state index in [0.717, 1.165) is 24.4 Å². The molecular weight excluding hydrogens is 472 g/mol. The Morgan fingerprint density at radius 3 is 2.10 bits per heavy atom. The summed E-state index contributed by atoms with van der Waals surface area (Å²) in [6.45, 7) is 0. The molecule has 0 aromatic heterocycles. The highest BCUT2D eigenvalue weighted by Crippen LogP contribution is 2.42. The molecule has 1 aliphatic heterocycles.